The van der Waals surface area contributed by atoms with Crippen molar-refractivity contribution in [2.45, 2.75) is 32.8 Å². The van der Waals surface area contributed by atoms with Gasteiger partial charge in [-0.25, -0.2) is 9.78 Å². The molecule has 0 spiro atoms. The van der Waals surface area contributed by atoms with Gasteiger partial charge in [0.25, 0.3) is 5.91 Å². The zero-order valence-electron chi connectivity index (χ0n) is 26.3. The number of allylic oxidation sites excluding steroid dienone is 1. The Morgan fingerprint density at radius 2 is 1.98 bits per heavy atom. The number of ether oxygens (including phenoxy) is 2. The van der Waals surface area contributed by atoms with Crippen LogP contribution in [0, 0.1) is 6.92 Å². The van der Waals surface area contributed by atoms with Gasteiger partial charge < -0.3 is 34.7 Å². The van der Waals surface area contributed by atoms with Crippen LogP contribution >= 0.6 is 0 Å². The average Bonchev–Trinajstić information content (AvgIpc) is 3.63. The van der Waals surface area contributed by atoms with Crippen molar-refractivity contribution in [1.82, 2.24) is 14.5 Å². The van der Waals surface area contributed by atoms with Crippen LogP contribution in [0.4, 0.5) is 22.0 Å². The predicted octanol–water partition coefficient (Wildman–Crippen LogP) is 5.69. The lowest BCUT2D eigenvalue weighted by atomic mass is 10.1. The monoisotopic (exact) mass is 614 g/mol. The fourth-order valence-electron chi connectivity index (χ4n) is 4.96. The van der Waals surface area contributed by atoms with E-state index >= 15 is 0 Å². The van der Waals surface area contributed by atoms with Crippen LogP contribution < -0.4 is 20.3 Å². The standard InChI is InChI=1S/C34H42N6O5/c1-7-32-37-31(20-38(32)6)36-25(4)9-8-16-44-30-18-29(28(17-24(30)3)33(42)39-15-14-23(2)19-39)40(22-41)34(43)45-21-26-10-12-27(35-5)13-11-26/h7,10-13,17-18,20,35-36,41H,1-2,4,8-9,14-16,19,21-22H2,3,5-6H3. The first-order chi connectivity index (χ1) is 21.6. The predicted molar refractivity (Wildman–Crippen MR) is 177 cm³/mol. The molecule has 1 saturated heterocycles. The molecule has 1 aliphatic heterocycles. The topological polar surface area (TPSA) is 121 Å². The Labute approximate surface area is 264 Å². The van der Waals surface area contributed by atoms with Crippen molar-refractivity contribution in [3.8, 4) is 5.75 Å². The number of amides is 2. The summed E-state index contributed by atoms with van der Waals surface area (Å²) in [7, 11) is 3.71. The number of likely N-dealkylation sites (tertiary alicyclic amines) is 1. The van der Waals surface area contributed by atoms with E-state index in [1.54, 1.807) is 23.1 Å². The lowest BCUT2D eigenvalue weighted by Crippen LogP contribution is -2.36. The van der Waals surface area contributed by atoms with E-state index in [4.69, 9.17) is 9.47 Å². The zero-order valence-corrected chi connectivity index (χ0v) is 26.3. The van der Waals surface area contributed by atoms with Gasteiger partial charge in [0.15, 0.2) is 0 Å². The number of aromatic nitrogens is 2. The summed E-state index contributed by atoms with van der Waals surface area (Å²) in [5, 5.41) is 16.6. The Bertz CT molecular complexity index is 1560. The number of nitrogens with one attached hydrogen (secondary N) is 2. The molecule has 0 atom stereocenters. The Morgan fingerprint density at radius 1 is 1.22 bits per heavy atom. The van der Waals surface area contributed by atoms with E-state index in [1.165, 1.54) is 0 Å². The minimum atomic E-state index is -0.790. The van der Waals surface area contributed by atoms with Crippen molar-refractivity contribution in [3.05, 3.63) is 96.1 Å². The number of hydrogen-bond acceptors (Lipinski definition) is 8. The van der Waals surface area contributed by atoms with E-state index in [2.05, 4.69) is 35.4 Å². The van der Waals surface area contributed by atoms with Crippen LogP contribution in [0.5, 0.6) is 5.75 Å². The van der Waals surface area contributed by atoms with Crippen molar-refractivity contribution >= 4 is 35.3 Å². The molecule has 1 aliphatic rings. The second-order valence-electron chi connectivity index (χ2n) is 10.9. The molecule has 0 aliphatic carbocycles. The van der Waals surface area contributed by atoms with Gasteiger partial charge in [0.2, 0.25) is 0 Å². The first-order valence-corrected chi connectivity index (χ1v) is 14.8. The SMILES string of the molecule is C=Cc1nc(NC(=C)CCCOc2cc(N(CO)C(=O)OCc3ccc(NC)cc3)c(C(=O)N3CCC(=C)C3)cc2C)cn1C. The molecule has 238 valence electrons. The number of rotatable bonds is 14. The molecule has 2 amide bonds. The Morgan fingerprint density at radius 3 is 2.60 bits per heavy atom. The second kappa shape index (κ2) is 15.1. The van der Waals surface area contributed by atoms with Gasteiger partial charge in [-0.15, -0.1) is 0 Å². The minimum absolute atomic E-state index is 0.00486. The molecule has 4 rings (SSSR count). The highest BCUT2D eigenvalue weighted by atomic mass is 16.6. The summed E-state index contributed by atoms with van der Waals surface area (Å²) in [6.45, 7) is 14.3. The number of aliphatic hydroxyl groups is 1. The third kappa shape index (κ3) is 8.33. The molecule has 1 aromatic heterocycles. The molecule has 11 heteroatoms. The number of carbonyl (C=O) groups is 2. The smallest absolute Gasteiger partial charge is 0.416 e. The molecule has 0 radical (unpaired) electrons. The van der Waals surface area contributed by atoms with E-state index in [-0.39, 0.29) is 23.8 Å². The molecule has 2 aromatic carbocycles. The highest BCUT2D eigenvalue weighted by molar-refractivity contribution is 6.04. The number of aliphatic hydroxyl groups excluding tert-OH is 1. The van der Waals surface area contributed by atoms with Crippen molar-refractivity contribution in [2.75, 3.05) is 49.0 Å². The van der Waals surface area contributed by atoms with Crippen molar-refractivity contribution < 1.29 is 24.2 Å². The summed E-state index contributed by atoms with van der Waals surface area (Å²) in [5.74, 6) is 1.66. The van der Waals surface area contributed by atoms with Gasteiger partial charge in [0.1, 0.15) is 30.7 Å². The van der Waals surface area contributed by atoms with Gasteiger partial charge >= 0.3 is 6.09 Å². The molecule has 0 unspecified atom stereocenters. The van der Waals surface area contributed by atoms with Crippen LogP contribution in [-0.2, 0) is 18.4 Å². The van der Waals surface area contributed by atoms with Crippen LogP contribution in [0.1, 0.15) is 46.6 Å². The Kier molecular flexibility index (Phi) is 11.0. The molecule has 3 N–H and O–H groups in total. The molecular formula is C34H42N6O5. The quantitative estimate of drug-likeness (QED) is 0.120. The number of aryl methyl sites for hydroxylation is 2. The van der Waals surface area contributed by atoms with Gasteiger partial charge in [0, 0.05) is 50.8 Å². The van der Waals surface area contributed by atoms with E-state index in [0.717, 1.165) is 45.2 Å². The molecular weight excluding hydrogens is 572 g/mol. The molecule has 1 fully saturated rings. The maximum Gasteiger partial charge on any atom is 0.416 e. The maximum atomic E-state index is 13.6. The summed E-state index contributed by atoms with van der Waals surface area (Å²) in [4.78, 5) is 34.1. The normalized spacial score (nSPS) is 12.5. The number of imidazole rings is 1. The van der Waals surface area contributed by atoms with Gasteiger partial charge in [-0.2, -0.15) is 0 Å². The lowest BCUT2D eigenvalue weighted by Gasteiger charge is -2.25. The first kappa shape index (κ1) is 32.9. The number of benzene rings is 2. The third-order valence-corrected chi connectivity index (χ3v) is 7.50. The summed E-state index contributed by atoms with van der Waals surface area (Å²) in [5.41, 5.74) is 4.65. The Balaban J connectivity index is 1.48. The summed E-state index contributed by atoms with van der Waals surface area (Å²) in [6, 6.07) is 10.7. The summed E-state index contributed by atoms with van der Waals surface area (Å²) >= 11 is 0. The third-order valence-electron chi connectivity index (χ3n) is 7.50. The van der Waals surface area contributed by atoms with Gasteiger partial charge in [0.05, 0.1) is 17.9 Å². The second-order valence-corrected chi connectivity index (χ2v) is 10.9. The lowest BCUT2D eigenvalue weighted by molar-refractivity contribution is 0.0796. The summed E-state index contributed by atoms with van der Waals surface area (Å²) < 4.78 is 13.5. The maximum absolute atomic E-state index is 13.6. The van der Waals surface area contributed by atoms with E-state index < -0.39 is 12.8 Å². The highest BCUT2D eigenvalue weighted by Crippen LogP contribution is 2.33. The fraction of sp³-hybridized carbons (Fsp3) is 0.324. The summed E-state index contributed by atoms with van der Waals surface area (Å²) in [6.07, 6.45) is 4.75. The molecule has 11 nitrogen and oxygen atoms in total. The van der Waals surface area contributed by atoms with Crippen molar-refractivity contribution in [1.29, 1.82) is 0 Å². The van der Waals surface area contributed by atoms with Crippen molar-refractivity contribution in [3.63, 3.8) is 0 Å². The number of carbonyl (C=O) groups excluding carboxylic acids is 2. The van der Waals surface area contributed by atoms with Gasteiger partial charge in [-0.3, -0.25) is 9.69 Å². The van der Waals surface area contributed by atoms with E-state index in [0.29, 0.717) is 44.1 Å². The molecule has 3 aromatic rings. The molecule has 0 saturated carbocycles. The zero-order chi connectivity index (χ0) is 32.5. The van der Waals surface area contributed by atoms with Crippen LogP contribution in [0.15, 0.2) is 73.6 Å². The number of nitrogens with zero attached hydrogens (tertiary/aromatic N) is 4. The minimum Gasteiger partial charge on any atom is -0.493 e. The largest absolute Gasteiger partial charge is 0.493 e. The van der Waals surface area contributed by atoms with Crippen LogP contribution in [0.25, 0.3) is 6.08 Å². The van der Waals surface area contributed by atoms with Crippen LogP contribution in [-0.4, -0.2) is 65.0 Å². The first-order valence-electron chi connectivity index (χ1n) is 14.8. The average molecular weight is 615 g/mol. The molecule has 45 heavy (non-hydrogen) atoms. The van der Waals surface area contributed by atoms with Gasteiger partial charge in [-0.05, 0) is 61.6 Å². The number of hydrogen-bond donors (Lipinski definition) is 3. The molecule has 2 heterocycles. The van der Waals surface area contributed by atoms with Crippen molar-refractivity contribution in [2.24, 2.45) is 7.05 Å². The van der Waals surface area contributed by atoms with E-state index in [1.807, 2.05) is 56.0 Å². The Hall–Kier alpha value is -5.03. The van der Waals surface area contributed by atoms with Crippen LogP contribution in [0.3, 0.4) is 0 Å². The molecule has 0 bridgehead atoms. The van der Waals surface area contributed by atoms with Crippen LogP contribution in [0.2, 0.25) is 0 Å². The number of anilines is 3. The van der Waals surface area contributed by atoms with E-state index in [9.17, 15) is 14.7 Å². The fourth-order valence-corrected chi connectivity index (χ4v) is 4.96. The van der Waals surface area contributed by atoms with Gasteiger partial charge in [-0.1, -0.05) is 37.4 Å². The highest BCUT2D eigenvalue weighted by Gasteiger charge is 2.29.